The van der Waals surface area contributed by atoms with Crippen LogP contribution >= 0.6 is 0 Å². The van der Waals surface area contributed by atoms with Gasteiger partial charge in [0, 0.05) is 12.8 Å². The minimum atomic E-state index is -0.543. The quantitative estimate of drug-likeness (QED) is 0.673. The van der Waals surface area contributed by atoms with Crippen molar-refractivity contribution in [1.29, 1.82) is 5.26 Å². The van der Waals surface area contributed by atoms with Crippen molar-refractivity contribution in [2.45, 2.75) is 24.7 Å². The summed E-state index contributed by atoms with van der Waals surface area (Å²) in [7, 11) is 0. The Kier molecular flexibility index (Phi) is 2.09. The standard InChI is InChI=1S/C12H11NO/c13-9-12(7-6-11(14)8-12)10-4-2-1-3-5-10/h1-5H,6-8H2/t12-/m1/s1. The van der Waals surface area contributed by atoms with Crippen molar-refractivity contribution >= 4 is 5.78 Å². The van der Waals surface area contributed by atoms with Crippen molar-refractivity contribution in [3.05, 3.63) is 35.9 Å². The molecule has 1 fully saturated rings. The highest BCUT2D eigenvalue weighted by Crippen LogP contribution is 2.38. The number of benzene rings is 1. The van der Waals surface area contributed by atoms with Crippen molar-refractivity contribution in [3.8, 4) is 6.07 Å². The number of nitriles is 1. The number of carbonyl (C=O) groups is 1. The van der Waals surface area contributed by atoms with E-state index in [1.54, 1.807) is 0 Å². The van der Waals surface area contributed by atoms with E-state index in [0.717, 1.165) is 5.56 Å². The summed E-state index contributed by atoms with van der Waals surface area (Å²) in [6, 6.07) is 11.9. The number of Topliss-reactive ketones (excluding diaryl/α,β-unsaturated/α-hetero) is 1. The summed E-state index contributed by atoms with van der Waals surface area (Å²) in [4.78, 5) is 11.2. The molecule has 0 aromatic heterocycles. The van der Waals surface area contributed by atoms with Crippen LogP contribution in [-0.4, -0.2) is 5.78 Å². The molecule has 2 heteroatoms. The number of rotatable bonds is 1. The molecule has 0 unspecified atom stereocenters. The van der Waals surface area contributed by atoms with Crippen molar-refractivity contribution in [2.24, 2.45) is 0 Å². The summed E-state index contributed by atoms with van der Waals surface area (Å²) in [5.41, 5.74) is 0.437. The average molecular weight is 185 g/mol. The van der Waals surface area contributed by atoms with Crippen molar-refractivity contribution < 1.29 is 4.79 Å². The molecular formula is C12H11NO. The van der Waals surface area contributed by atoms with Crippen molar-refractivity contribution in [3.63, 3.8) is 0 Å². The van der Waals surface area contributed by atoms with Crippen molar-refractivity contribution in [1.82, 2.24) is 0 Å². The summed E-state index contributed by atoms with van der Waals surface area (Å²) in [6.07, 6.45) is 1.60. The maximum Gasteiger partial charge on any atom is 0.134 e. The first-order valence-electron chi connectivity index (χ1n) is 4.75. The van der Waals surface area contributed by atoms with Crippen LogP contribution in [0.3, 0.4) is 0 Å². The second-order valence-electron chi connectivity index (χ2n) is 3.78. The topological polar surface area (TPSA) is 40.9 Å². The molecule has 0 heterocycles. The molecule has 2 nitrogen and oxygen atoms in total. The van der Waals surface area contributed by atoms with Gasteiger partial charge in [-0.2, -0.15) is 5.26 Å². The zero-order valence-corrected chi connectivity index (χ0v) is 7.86. The molecule has 1 saturated carbocycles. The Labute approximate surface area is 83.2 Å². The van der Waals surface area contributed by atoms with E-state index in [4.69, 9.17) is 0 Å². The average Bonchev–Trinajstić information content (AvgIpc) is 2.63. The third-order valence-corrected chi connectivity index (χ3v) is 2.87. The summed E-state index contributed by atoms with van der Waals surface area (Å²) in [5.74, 6) is 0.204. The Morgan fingerprint density at radius 2 is 2.00 bits per heavy atom. The molecule has 0 bridgehead atoms. The van der Waals surface area contributed by atoms with E-state index in [1.807, 2.05) is 30.3 Å². The molecule has 0 amide bonds. The van der Waals surface area contributed by atoms with Gasteiger partial charge in [0.05, 0.1) is 11.5 Å². The van der Waals surface area contributed by atoms with E-state index in [9.17, 15) is 10.1 Å². The summed E-state index contributed by atoms with van der Waals surface area (Å²) >= 11 is 0. The Balaban J connectivity index is 2.41. The molecular weight excluding hydrogens is 174 g/mol. The smallest absolute Gasteiger partial charge is 0.134 e. The fourth-order valence-corrected chi connectivity index (χ4v) is 2.03. The van der Waals surface area contributed by atoms with Crippen LogP contribution < -0.4 is 0 Å². The van der Waals surface area contributed by atoms with E-state index < -0.39 is 5.41 Å². The fraction of sp³-hybridized carbons (Fsp3) is 0.333. The second-order valence-corrected chi connectivity index (χ2v) is 3.78. The second kappa shape index (κ2) is 3.26. The minimum absolute atomic E-state index is 0.204. The van der Waals surface area contributed by atoms with Crippen LogP contribution in [0.1, 0.15) is 24.8 Å². The van der Waals surface area contributed by atoms with Gasteiger partial charge < -0.3 is 0 Å². The van der Waals surface area contributed by atoms with E-state index in [0.29, 0.717) is 19.3 Å². The molecule has 0 aliphatic heterocycles. The highest BCUT2D eigenvalue weighted by Gasteiger charge is 2.39. The zero-order chi connectivity index (χ0) is 10.0. The predicted octanol–water partition coefficient (Wildman–Crippen LogP) is 2.20. The molecule has 1 atom stereocenters. The lowest BCUT2D eigenvalue weighted by molar-refractivity contribution is -0.117. The van der Waals surface area contributed by atoms with Gasteiger partial charge >= 0.3 is 0 Å². The molecule has 0 spiro atoms. The molecule has 1 aliphatic carbocycles. The maximum absolute atomic E-state index is 11.2. The highest BCUT2D eigenvalue weighted by molar-refractivity contribution is 5.83. The molecule has 2 rings (SSSR count). The number of carbonyl (C=O) groups excluding carboxylic acids is 1. The lowest BCUT2D eigenvalue weighted by atomic mass is 9.80. The normalized spacial score (nSPS) is 26.1. The van der Waals surface area contributed by atoms with Gasteiger partial charge in [0.1, 0.15) is 5.78 Å². The van der Waals surface area contributed by atoms with E-state index in [-0.39, 0.29) is 5.78 Å². The largest absolute Gasteiger partial charge is 0.300 e. The Morgan fingerprint density at radius 1 is 1.29 bits per heavy atom. The molecule has 0 radical (unpaired) electrons. The summed E-state index contributed by atoms with van der Waals surface area (Å²) < 4.78 is 0. The van der Waals surface area contributed by atoms with Crippen LogP contribution in [0.15, 0.2) is 30.3 Å². The van der Waals surface area contributed by atoms with Gasteiger partial charge in [-0.05, 0) is 12.0 Å². The summed E-state index contributed by atoms with van der Waals surface area (Å²) in [5, 5.41) is 9.19. The van der Waals surface area contributed by atoms with Crippen LogP contribution in [0, 0.1) is 11.3 Å². The third-order valence-electron chi connectivity index (χ3n) is 2.87. The Hall–Kier alpha value is -1.62. The highest BCUT2D eigenvalue weighted by atomic mass is 16.1. The number of nitrogens with zero attached hydrogens (tertiary/aromatic N) is 1. The lowest BCUT2D eigenvalue weighted by Gasteiger charge is -2.19. The van der Waals surface area contributed by atoms with E-state index in [1.165, 1.54) is 0 Å². The SMILES string of the molecule is N#C[C@@]1(c2ccccc2)CCC(=O)C1. The van der Waals surface area contributed by atoms with Gasteiger partial charge in [-0.25, -0.2) is 0 Å². The van der Waals surface area contributed by atoms with E-state index >= 15 is 0 Å². The molecule has 1 aliphatic rings. The van der Waals surface area contributed by atoms with Gasteiger partial charge in [-0.3, -0.25) is 4.79 Å². The van der Waals surface area contributed by atoms with Crippen molar-refractivity contribution in [2.75, 3.05) is 0 Å². The monoisotopic (exact) mass is 185 g/mol. The maximum atomic E-state index is 11.2. The zero-order valence-electron chi connectivity index (χ0n) is 7.86. The Bertz CT molecular complexity index is 391. The molecule has 70 valence electrons. The van der Waals surface area contributed by atoms with Gasteiger partial charge in [-0.15, -0.1) is 0 Å². The van der Waals surface area contributed by atoms with Crippen LogP contribution in [0.25, 0.3) is 0 Å². The first-order chi connectivity index (χ1) is 6.77. The summed E-state index contributed by atoms with van der Waals surface area (Å²) in [6.45, 7) is 0. The molecule has 14 heavy (non-hydrogen) atoms. The molecule has 1 aromatic carbocycles. The van der Waals surface area contributed by atoms with E-state index in [2.05, 4.69) is 6.07 Å². The van der Waals surface area contributed by atoms with Crippen LogP contribution in [0.5, 0.6) is 0 Å². The minimum Gasteiger partial charge on any atom is -0.300 e. The number of hydrogen-bond donors (Lipinski definition) is 0. The number of hydrogen-bond acceptors (Lipinski definition) is 2. The molecule has 0 saturated heterocycles. The van der Waals surface area contributed by atoms with Crippen LogP contribution in [0.2, 0.25) is 0 Å². The first kappa shape index (κ1) is 8.96. The lowest BCUT2D eigenvalue weighted by Crippen LogP contribution is -2.19. The molecule has 1 aromatic rings. The van der Waals surface area contributed by atoms with Gasteiger partial charge in [0.2, 0.25) is 0 Å². The third kappa shape index (κ3) is 1.31. The fourth-order valence-electron chi connectivity index (χ4n) is 2.03. The van der Waals surface area contributed by atoms with Gasteiger partial charge in [0.15, 0.2) is 0 Å². The van der Waals surface area contributed by atoms with Crippen LogP contribution in [0.4, 0.5) is 0 Å². The molecule has 0 N–H and O–H groups in total. The van der Waals surface area contributed by atoms with Gasteiger partial charge in [-0.1, -0.05) is 30.3 Å². The predicted molar refractivity (Wildman–Crippen MR) is 52.6 cm³/mol. The van der Waals surface area contributed by atoms with Crippen LogP contribution in [-0.2, 0) is 10.2 Å². The van der Waals surface area contributed by atoms with Gasteiger partial charge in [0.25, 0.3) is 0 Å². The Morgan fingerprint density at radius 3 is 2.50 bits per heavy atom. The first-order valence-corrected chi connectivity index (χ1v) is 4.75. The number of ketones is 1.